The first-order valence-corrected chi connectivity index (χ1v) is 14.4. The summed E-state index contributed by atoms with van der Waals surface area (Å²) in [6.45, 7) is 8.77. The molecule has 0 saturated heterocycles. The number of nitrogens with one attached hydrogen (secondary N) is 1. The van der Waals surface area contributed by atoms with Crippen molar-refractivity contribution in [3.8, 4) is 0 Å². The number of carbonyl (C=O) groups is 2. The average molecular weight is 554 g/mol. The smallest absolute Gasteiger partial charge is 0.264 e. The predicted octanol–water partition coefficient (Wildman–Crippen LogP) is 4.97. The second-order valence-corrected chi connectivity index (χ2v) is 11.7. The van der Waals surface area contributed by atoms with E-state index < -0.39 is 34.3 Å². The fourth-order valence-corrected chi connectivity index (χ4v) is 5.33. The first-order chi connectivity index (χ1) is 18.4. The molecule has 0 unspecified atom stereocenters. The average Bonchev–Trinajstić information content (AvgIpc) is 2.91. The van der Waals surface area contributed by atoms with Crippen LogP contribution in [0.4, 0.5) is 10.1 Å². The summed E-state index contributed by atoms with van der Waals surface area (Å²) < 4.78 is 42.2. The van der Waals surface area contributed by atoms with Crippen LogP contribution in [0.1, 0.15) is 43.9 Å². The molecule has 0 saturated carbocycles. The van der Waals surface area contributed by atoms with Crippen LogP contribution in [-0.4, -0.2) is 43.8 Å². The van der Waals surface area contributed by atoms with Gasteiger partial charge in [-0.25, -0.2) is 12.8 Å². The van der Waals surface area contributed by atoms with Gasteiger partial charge in [-0.2, -0.15) is 0 Å². The number of carbonyl (C=O) groups excluding carboxylic acids is 2. The highest BCUT2D eigenvalue weighted by atomic mass is 32.2. The highest BCUT2D eigenvalue weighted by molar-refractivity contribution is 7.92. The third-order valence-corrected chi connectivity index (χ3v) is 8.43. The Hall–Kier alpha value is -3.72. The molecule has 0 aliphatic rings. The maximum absolute atomic E-state index is 13.9. The van der Waals surface area contributed by atoms with Crippen LogP contribution >= 0.6 is 0 Å². The zero-order valence-corrected chi connectivity index (χ0v) is 23.8. The van der Waals surface area contributed by atoms with Gasteiger partial charge in [0, 0.05) is 12.6 Å². The number of anilines is 1. The van der Waals surface area contributed by atoms with Gasteiger partial charge in [0.15, 0.2) is 0 Å². The zero-order valence-electron chi connectivity index (χ0n) is 23.0. The molecule has 39 heavy (non-hydrogen) atoms. The van der Waals surface area contributed by atoms with E-state index in [1.54, 1.807) is 19.1 Å². The summed E-state index contributed by atoms with van der Waals surface area (Å²) in [5, 5.41) is 2.91. The highest BCUT2D eigenvalue weighted by Gasteiger charge is 2.32. The molecule has 0 aromatic heterocycles. The summed E-state index contributed by atoms with van der Waals surface area (Å²) in [5.74, 6) is -1.43. The Bertz CT molecular complexity index is 1380. The first kappa shape index (κ1) is 29.8. The van der Waals surface area contributed by atoms with E-state index in [-0.39, 0.29) is 29.1 Å². The molecular formula is C30H36FN3O4S. The lowest BCUT2D eigenvalue weighted by molar-refractivity contribution is -0.139. The molecule has 3 aromatic rings. The molecule has 1 N–H and O–H groups in total. The maximum atomic E-state index is 13.9. The zero-order chi connectivity index (χ0) is 28.7. The number of hydrogen-bond acceptors (Lipinski definition) is 4. The molecule has 0 aliphatic carbocycles. The number of rotatable bonds is 11. The molecule has 0 fully saturated rings. The van der Waals surface area contributed by atoms with Gasteiger partial charge in [0.25, 0.3) is 10.0 Å². The Morgan fingerprint density at radius 3 is 1.95 bits per heavy atom. The van der Waals surface area contributed by atoms with Crippen LogP contribution in [-0.2, 0) is 26.2 Å². The minimum atomic E-state index is -4.20. The lowest BCUT2D eigenvalue weighted by Gasteiger charge is -2.32. The highest BCUT2D eigenvalue weighted by Crippen LogP contribution is 2.25. The van der Waals surface area contributed by atoms with E-state index in [0.29, 0.717) is 0 Å². The van der Waals surface area contributed by atoms with Crippen molar-refractivity contribution in [2.45, 2.75) is 64.6 Å². The van der Waals surface area contributed by atoms with Crippen molar-refractivity contribution in [1.82, 2.24) is 10.2 Å². The summed E-state index contributed by atoms with van der Waals surface area (Å²) in [7, 11) is -4.20. The lowest BCUT2D eigenvalue weighted by Crippen LogP contribution is -2.52. The summed E-state index contributed by atoms with van der Waals surface area (Å²) in [5.41, 5.74) is 2.86. The molecule has 3 aromatic carbocycles. The number of sulfonamides is 1. The summed E-state index contributed by atoms with van der Waals surface area (Å²) in [4.78, 5) is 28.3. The molecule has 0 spiro atoms. The third-order valence-electron chi connectivity index (χ3n) is 6.64. The lowest BCUT2D eigenvalue weighted by atomic mass is 10.1. The van der Waals surface area contributed by atoms with Crippen molar-refractivity contribution in [2.75, 3.05) is 10.8 Å². The van der Waals surface area contributed by atoms with Gasteiger partial charge in [-0.15, -0.1) is 0 Å². The van der Waals surface area contributed by atoms with Gasteiger partial charge in [0.1, 0.15) is 18.4 Å². The number of halogens is 1. The quantitative estimate of drug-likeness (QED) is 0.363. The van der Waals surface area contributed by atoms with Gasteiger partial charge in [0.2, 0.25) is 11.8 Å². The molecule has 0 heterocycles. The van der Waals surface area contributed by atoms with E-state index in [2.05, 4.69) is 5.32 Å². The van der Waals surface area contributed by atoms with E-state index in [9.17, 15) is 22.4 Å². The number of aryl methyl sites for hydroxylation is 2. The second kappa shape index (κ2) is 12.9. The van der Waals surface area contributed by atoms with Crippen LogP contribution in [0, 0.1) is 19.7 Å². The molecule has 3 rings (SSSR count). The number of amides is 2. The number of benzene rings is 3. The van der Waals surface area contributed by atoms with Gasteiger partial charge in [-0.3, -0.25) is 13.9 Å². The maximum Gasteiger partial charge on any atom is 0.264 e. The predicted molar refractivity (Wildman–Crippen MR) is 151 cm³/mol. The minimum Gasteiger partial charge on any atom is -0.352 e. The molecule has 208 valence electrons. The van der Waals surface area contributed by atoms with Crippen molar-refractivity contribution in [3.63, 3.8) is 0 Å². The van der Waals surface area contributed by atoms with E-state index in [0.717, 1.165) is 39.5 Å². The summed E-state index contributed by atoms with van der Waals surface area (Å²) >= 11 is 0. The van der Waals surface area contributed by atoms with Gasteiger partial charge < -0.3 is 10.2 Å². The summed E-state index contributed by atoms with van der Waals surface area (Å²) in [6, 6.07) is 17.8. The molecule has 7 nitrogen and oxygen atoms in total. The monoisotopic (exact) mass is 553 g/mol. The fraction of sp³-hybridized carbons (Fsp3) is 0.333. The van der Waals surface area contributed by atoms with Crippen LogP contribution in [0.15, 0.2) is 77.7 Å². The molecule has 2 amide bonds. The largest absolute Gasteiger partial charge is 0.352 e. The third kappa shape index (κ3) is 7.66. The van der Waals surface area contributed by atoms with Crippen molar-refractivity contribution in [2.24, 2.45) is 0 Å². The van der Waals surface area contributed by atoms with E-state index in [1.807, 2.05) is 52.0 Å². The molecule has 0 bridgehead atoms. The number of nitrogens with zero attached hydrogens (tertiary/aromatic N) is 2. The van der Waals surface area contributed by atoms with Crippen LogP contribution in [0.25, 0.3) is 0 Å². The van der Waals surface area contributed by atoms with Gasteiger partial charge in [-0.05, 0) is 76.1 Å². The van der Waals surface area contributed by atoms with Gasteiger partial charge in [-0.1, -0.05) is 54.4 Å². The van der Waals surface area contributed by atoms with Gasteiger partial charge in [0.05, 0.1) is 10.6 Å². The normalized spacial score (nSPS) is 12.9. The standard InChI is InChI=1S/C30H36FN3O4S/c1-6-23(4)32-30(36)24(5)33(19-25-11-7-21(2)8-12-25)29(35)20-34(27-15-13-26(31)14-16-27)39(37,38)28-17-9-22(3)10-18-28/h7-18,23-24H,6,19-20H2,1-5H3,(H,32,36)/t23-,24+/m0/s1. The Balaban J connectivity index is 2.01. The van der Waals surface area contributed by atoms with Crippen molar-refractivity contribution in [1.29, 1.82) is 0 Å². The van der Waals surface area contributed by atoms with Crippen LogP contribution in [0.2, 0.25) is 0 Å². The Morgan fingerprint density at radius 1 is 0.872 bits per heavy atom. The van der Waals surface area contributed by atoms with Crippen molar-refractivity contribution in [3.05, 3.63) is 95.3 Å². The topological polar surface area (TPSA) is 86.8 Å². The molecule has 0 radical (unpaired) electrons. The van der Waals surface area contributed by atoms with Gasteiger partial charge >= 0.3 is 0 Å². The Labute approximate surface area is 230 Å². The van der Waals surface area contributed by atoms with Crippen LogP contribution < -0.4 is 9.62 Å². The van der Waals surface area contributed by atoms with Crippen molar-refractivity contribution >= 4 is 27.5 Å². The molecule has 0 aliphatic heterocycles. The fourth-order valence-electron chi connectivity index (χ4n) is 3.91. The number of hydrogen-bond donors (Lipinski definition) is 1. The van der Waals surface area contributed by atoms with Crippen LogP contribution in [0.3, 0.4) is 0 Å². The molecule has 9 heteroatoms. The van der Waals surface area contributed by atoms with Crippen LogP contribution in [0.5, 0.6) is 0 Å². The van der Waals surface area contributed by atoms with E-state index in [1.165, 1.54) is 29.2 Å². The first-order valence-electron chi connectivity index (χ1n) is 12.9. The van der Waals surface area contributed by atoms with E-state index >= 15 is 0 Å². The second-order valence-electron chi connectivity index (χ2n) is 9.80. The van der Waals surface area contributed by atoms with Crippen molar-refractivity contribution < 1.29 is 22.4 Å². The summed E-state index contributed by atoms with van der Waals surface area (Å²) in [6.07, 6.45) is 0.720. The minimum absolute atomic E-state index is 0.00197. The SMILES string of the molecule is CC[C@H](C)NC(=O)[C@@H](C)N(Cc1ccc(C)cc1)C(=O)CN(c1ccc(F)cc1)S(=O)(=O)c1ccc(C)cc1. The molecule has 2 atom stereocenters. The Morgan fingerprint density at radius 2 is 1.41 bits per heavy atom. The Kier molecular flexibility index (Phi) is 9.86. The van der Waals surface area contributed by atoms with E-state index in [4.69, 9.17) is 0 Å². The molecular weight excluding hydrogens is 517 g/mol.